The summed E-state index contributed by atoms with van der Waals surface area (Å²) in [5, 5.41) is 11.8. The lowest BCUT2D eigenvalue weighted by Crippen LogP contribution is -2.18. The van der Waals surface area contributed by atoms with Gasteiger partial charge in [0.1, 0.15) is 0 Å². The second-order valence-electron chi connectivity index (χ2n) is 4.17. The molecule has 1 aromatic carbocycles. The van der Waals surface area contributed by atoms with Crippen LogP contribution in [-0.4, -0.2) is 22.6 Å². The third-order valence-corrected chi connectivity index (χ3v) is 3.61. The number of carbonyl (C=O) groups is 1. The number of nitrogens with zero attached hydrogens (tertiary/aromatic N) is 2. The lowest BCUT2D eigenvalue weighted by molar-refractivity contribution is 0.0697. The molecule has 0 atom stereocenters. The Morgan fingerprint density at radius 3 is 2.63 bits per heavy atom. The van der Waals surface area contributed by atoms with Crippen molar-refractivity contribution >= 4 is 28.1 Å². The number of hydrogen-bond acceptors (Lipinski definition) is 4. The number of thiazole rings is 1. The molecule has 0 radical (unpaired) electrons. The van der Waals surface area contributed by atoms with Crippen molar-refractivity contribution in [3.8, 4) is 0 Å². The SMILES string of the molecule is CCCCN(c1ccc(C(=O)O)cc1)c1nccs1. The van der Waals surface area contributed by atoms with E-state index in [-0.39, 0.29) is 0 Å². The monoisotopic (exact) mass is 276 g/mol. The lowest BCUT2D eigenvalue weighted by Gasteiger charge is -2.21. The van der Waals surface area contributed by atoms with Crippen molar-refractivity contribution in [1.29, 1.82) is 0 Å². The minimum Gasteiger partial charge on any atom is -0.478 e. The van der Waals surface area contributed by atoms with E-state index in [2.05, 4.69) is 16.8 Å². The van der Waals surface area contributed by atoms with Gasteiger partial charge in [0.2, 0.25) is 0 Å². The first kappa shape index (κ1) is 13.5. The van der Waals surface area contributed by atoms with Gasteiger partial charge in [0.15, 0.2) is 5.13 Å². The molecule has 1 aromatic heterocycles. The molecule has 100 valence electrons. The van der Waals surface area contributed by atoms with Crippen LogP contribution in [0.2, 0.25) is 0 Å². The molecule has 0 unspecified atom stereocenters. The van der Waals surface area contributed by atoms with E-state index in [4.69, 9.17) is 5.11 Å². The number of carboxylic acids is 1. The van der Waals surface area contributed by atoms with E-state index in [1.165, 1.54) is 0 Å². The molecule has 0 aliphatic rings. The van der Waals surface area contributed by atoms with Crippen LogP contribution >= 0.6 is 11.3 Å². The molecule has 0 amide bonds. The van der Waals surface area contributed by atoms with Gasteiger partial charge in [-0.15, -0.1) is 11.3 Å². The molecule has 0 fully saturated rings. The number of aromatic nitrogens is 1. The van der Waals surface area contributed by atoms with Crippen LogP contribution in [0.25, 0.3) is 0 Å². The number of aromatic carboxylic acids is 1. The van der Waals surface area contributed by atoms with Crippen molar-refractivity contribution in [1.82, 2.24) is 4.98 Å². The Balaban J connectivity index is 2.25. The van der Waals surface area contributed by atoms with E-state index in [1.54, 1.807) is 29.7 Å². The first-order valence-electron chi connectivity index (χ1n) is 6.22. The van der Waals surface area contributed by atoms with E-state index in [0.717, 1.165) is 30.2 Å². The van der Waals surface area contributed by atoms with Gasteiger partial charge in [0.05, 0.1) is 5.56 Å². The molecular weight excluding hydrogens is 260 g/mol. The number of carboxylic acid groups (broad SMARTS) is 1. The van der Waals surface area contributed by atoms with E-state index in [1.807, 2.05) is 17.5 Å². The minimum absolute atomic E-state index is 0.304. The highest BCUT2D eigenvalue weighted by Crippen LogP contribution is 2.27. The quantitative estimate of drug-likeness (QED) is 0.872. The second-order valence-corrected chi connectivity index (χ2v) is 5.04. The highest BCUT2D eigenvalue weighted by molar-refractivity contribution is 7.13. The molecule has 0 aliphatic carbocycles. The van der Waals surface area contributed by atoms with E-state index < -0.39 is 5.97 Å². The molecule has 1 heterocycles. The van der Waals surface area contributed by atoms with Crippen molar-refractivity contribution < 1.29 is 9.90 Å². The molecule has 0 spiro atoms. The largest absolute Gasteiger partial charge is 0.478 e. The molecule has 0 saturated carbocycles. The molecule has 2 aromatic rings. The third-order valence-electron chi connectivity index (χ3n) is 2.81. The van der Waals surface area contributed by atoms with Gasteiger partial charge >= 0.3 is 5.97 Å². The Hall–Kier alpha value is -1.88. The Kier molecular flexibility index (Phi) is 4.52. The maximum absolute atomic E-state index is 10.9. The summed E-state index contributed by atoms with van der Waals surface area (Å²) in [5.41, 5.74) is 1.28. The smallest absolute Gasteiger partial charge is 0.335 e. The van der Waals surface area contributed by atoms with E-state index in [9.17, 15) is 4.79 Å². The molecule has 0 aliphatic heterocycles. The standard InChI is InChI=1S/C14H16N2O2S/c1-2-3-9-16(14-15-8-10-19-14)12-6-4-11(5-7-12)13(17)18/h4-8,10H,2-3,9H2,1H3,(H,17,18). The van der Waals surface area contributed by atoms with Crippen LogP contribution in [0.4, 0.5) is 10.8 Å². The van der Waals surface area contributed by atoms with Crippen molar-refractivity contribution in [3.63, 3.8) is 0 Å². The normalized spacial score (nSPS) is 10.4. The van der Waals surface area contributed by atoms with Gasteiger partial charge < -0.3 is 10.0 Å². The molecule has 0 bridgehead atoms. The highest BCUT2D eigenvalue weighted by atomic mass is 32.1. The van der Waals surface area contributed by atoms with Gasteiger partial charge in [-0.2, -0.15) is 0 Å². The van der Waals surface area contributed by atoms with E-state index in [0.29, 0.717) is 5.56 Å². The number of rotatable bonds is 6. The molecule has 1 N–H and O–H groups in total. The first-order valence-corrected chi connectivity index (χ1v) is 7.10. The second kappa shape index (κ2) is 6.33. The minimum atomic E-state index is -0.902. The van der Waals surface area contributed by atoms with Gasteiger partial charge in [-0.3, -0.25) is 0 Å². The molecular formula is C14H16N2O2S. The lowest BCUT2D eigenvalue weighted by atomic mass is 10.2. The fraction of sp³-hybridized carbons (Fsp3) is 0.286. The van der Waals surface area contributed by atoms with Crippen molar-refractivity contribution in [3.05, 3.63) is 41.4 Å². The van der Waals surface area contributed by atoms with Crippen molar-refractivity contribution in [2.24, 2.45) is 0 Å². The van der Waals surface area contributed by atoms with Gasteiger partial charge in [-0.25, -0.2) is 9.78 Å². The fourth-order valence-corrected chi connectivity index (χ4v) is 2.47. The topological polar surface area (TPSA) is 53.4 Å². The number of benzene rings is 1. The molecule has 2 rings (SSSR count). The van der Waals surface area contributed by atoms with Crippen molar-refractivity contribution in [2.75, 3.05) is 11.4 Å². The number of hydrogen-bond donors (Lipinski definition) is 1. The molecule has 19 heavy (non-hydrogen) atoms. The Labute approximate surface area is 116 Å². The maximum Gasteiger partial charge on any atom is 0.335 e. The number of anilines is 2. The Bertz CT molecular complexity index is 523. The average Bonchev–Trinajstić information content (AvgIpc) is 2.94. The van der Waals surface area contributed by atoms with Crippen LogP contribution in [0, 0.1) is 0 Å². The van der Waals surface area contributed by atoms with Crippen LogP contribution in [-0.2, 0) is 0 Å². The third kappa shape index (κ3) is 3.32. The molecule has 4 nitrogen and oxygen atoms in total. The first-order chi connectivity index (χ1) is 9.22. The van der Waals surface area contributed by atoms with Crippen molar-refractivity contribution in [2.45, 2.75) is 19.8 Å². The number of unbranched alkanes of at least 4 members (excludes halogenated alkanes) is 1. The molecule has 0 saturated heterocycles. The Morgan fingerprint density at radius 1 is 1.37 bits per heavy atom. The predicted octanol–water partition coefficient (Wildman–Crippen LogP) is 3.78. The van der Waals surface area contributed by atoms with Crippen LogP contribution in [0.15, 0.2) is 35.8 Å². The summed E-state index contributed by atoms with van der Waals surface area (Å²) < 4.78 is 0. The summed E-state index contributed by atoms with van der Waals surface area (Å²) >= 11 is 1.59. The Morgan fingerprint density at radius 2 is 2.11 bits per heavy atom. The zero-order valence-corrected chi connectivity index (χ0v) is 11.6. The van der Waals surface area contributed by atoms with Gasteiger partial charge in [0, 0.05) is 23.8 Å². The van der Waals surface area contributed by atoms with Crippen LogP contribution in [0.5, 0.6) is 0 Å². The molecule has 5 heteroatoms. The zero-order valence-electron chi connectivity index (χ0n) is 10.7. The van der Waals surface area contributed by atoms with Gasteiger partial charge in [-0.05, 0) is 30.7 Å². The predicted molar refractivity (Wildman–Crippen MR) is 77.4 cm³/mol. The van der Waals surface area contributed by atoms with Crippen LogP contribution in [0.1, 0.15) is 30.1 Å². The summed E-state index contributed by atoms with van der Waals surface area (Å²) in [4.78, 5) is 17.3. The summed E-state index contributed by atoms with van der Waals surface area (Å²) in [6, 6.07) is 6.93. The van der Waals surface area contributed by atoms with E-state index >= 15 is 0 Å². The summed E-state index contributed by atoms with van der Waals surface area (Å²) in [6.07, 6.45) is 3.96. The maximum atomic E-state index is 10.9. The van der Waals surface area contributed by atoms with Crippen LogP contribution < -0.4 is 4.90 Å². The summed E-state index contributed by atoms with van der Waals surface area (Å²) in [5.74, 6) is -0.902. The van der Waals surface area contributed by atoms with Gasteiger partial charge in [0.25, 0.3) is 0 Å². The average molecular weight is 276 g/mol. The van der Waals surface area contributed by atoms with Crippen LogP contribution in [0.3, 0.4) is 0 Å². The zero-order chi connectivity index (χ0) is 13.7. The fourth-order valence-electron chi connectivity index (χ4n) is 1.78. The highest BCUT2D eigenvalue weighted by Gasteiger charge is 2.12. The summed E-state index contributed by atoms with van der Waals surface area (Å²) in [6.45, 7) is 3.03. The summed E-state index contributed by atoms with van der Waals surface area (Å²) in [7, 11) is 0. The van der Waals surface area contributed by atoms with Gasteiger partial charge in [-0.1, -0.05) is 13.3 Å².